The molecule has 0 aliphatic carbocycles. The zero-order chi connectivity index (χ0) is 55.5. The summed E-state index contributed by atoms with van der Waals surface area (Å²) in [5, 5.41) is 16.8. The van der Waals surface area contributed by atoms with Gasteiger partial charge in [-0.15, -0.1) is 5.10 Å². The molecule has 1 saturated heterocycles. The summed E-state index contributed by atoms with van der Waals surface area (Å²) in [6.45, 7) is -3.98. The molecule has 400 valence electrons. The Kier molecular flexibility index (Phi) is 16.8. The summed E-state index contributed by atoms with van der Waals surface area (Å²) in [5.74, 6) is -4.86. The molecule has 9 aromatic rings. The summed E-state index contributed by atoms with van der Waals surface area (Å²) >= 11 is 5.95. The number of hydrogen-bond donors (Lipinski definition) is 1. The lowest BCUT2D eigenvalue weighted by atomic mass is 9.93. The minimum Gasteiger partial charge on any atom is -0.452 e. The molecule has 80 heavy (non-hydrogen) atoms. The highest BCUT2D eigenvalue weighted by atomic mass is 32.1. The number of carbonyl (C=O) groups is 4. The van der Waals surface area contributed by atoms with Gasteiger partial charge in [0.25, 0.3) is 11.6 Å². The van der Waals surface area contributed by atoms with Crippen molar-refractivity contribution in [1.29, 1.82) is 0 Å². The van der Waals surface area contributed by atoms with Gasteiger partial charge in [-0.25, -0.2) is 9.48 Å². The van der Waals surface area contributed by atoms with Crippen molar-refractivity contribution in [3.63, 3.8) is 0 Å². The molecule has 0 saturated carbocycles. The van der Waals surface area contributed by atoms with Crippen molar-refractivity contribution in [3.05, 3.63) is 276 Å². The lowest BCUT2D eigenvalue weighted by Crippen LogP contribution is -2.83. The van der Waals surface area contributed by atoms with Crippen LogP contribution < -0.4 is 21.2 Å². The fourth-order valence-electron chi connectivity index (χ4n) is 10.0. The van der Waals surface area contributed by atoms with Gasteiger partial charge in [0.2, 0.25) is 5.91 Å². The Morgan fingerprint density at radius 3 is 1.36 bits per heavy atom. The summed E-state index contributed by atoms with van der Waals surface area (Å²) in [6, 6.07) is 73.9. The first-order chi connectivity index (χ1) is 39.1. The Bertz CT molecular complexity index is 3460. The third-order valence-corrected chi connectivity index (χ3v) is 18.4. The largest absolute Gasteiger partial charge is 0.452 e. The topological polar surface area (TPSA) is 164 Å². The van der Waals surface area contributed by atoms with E-state index < -0.39 is 60.7 Å². The SMILES string of the molecule is CO[C@]1(NC(=O)C(C(=O)OC(c2ccccc2)c2ccccc2)c2ccccc2)C(=O)N(C(C(=O)OC(c2ccccc2)c2ccccc2)=P(c2ccccc2)(c2ccccc2)c2ccccc2)[C@H]1OCC(=S)Cc1nnnn1C. The number of carbonyl (C=O) groups excluding carboxylic acids is 4. The van der Waals surface area contributed by atoms with Gasteiger partial charge in [0.15, 0.2) is 30.2 Å². The number of nitrogens with zero attached hydrogens (tertiary/aromatic N) is 5. The van der Waals surface area contributed by atoms with E-state index in [0.29, 0.717) is 48.9 Å². The first-order valence-electron chi connectivity index (χ1n) is 25.8. The van der Waals surface area contributed by atoms with Crippen LogP contribution in [0.2, 0.25) is 0 Å². The average Bonchev–Trinajstić information content (AvgIpc) is 4.03. The molecule has 0 radical (unpaired) electrons. The average molecular weight is 1100 g/mol. The van der Waals surface area contributed by atoms with E-state index in [9.17, 15) is 0 Å². The molecule has 1 fully saturated rings. The van der Waals surface area contributed by atoms with Crippen molar-refractivity contribution < 1.29 is 38.1 Å². The number of benzene rings is 8. The molecule has 0 bridgehead atoms. The van der Waals surface area contributed by atoms with E-state index in [4.69, 9.17) is 31.2 Å². The van der Waals surface area contributed by atoms with E-state index in [1.165, 1.54) is 16.7 Å². The van der Waals surface area contributed by atoms with Crippen LogP contribution in [0.5, 0.6) is 0 Å². The van der Waals surface area contributed by atoms with Crippen molar-refractivity contribution in [3.8, 4) is 0 Å². The minimum absolute atomic E-state index is 0.0845. The molecular formula is C64H55N6O8PS. The van der Waals surface area contributed by atoms with Crippen molar-refractivity contribution in [2.24, 2.45) is 7.05 Å². The lowest BCUT2D eigenvalue weighted by Gasteiger charge is -2.55. The maximum absolute atomic E-state index is 16.5. The molecule has 2 heterocycles. The second-order valence-electron chi connectivity index (χ2n) is 18.8. The smallest absolute Gasteiger partial charge is 0.357 e. The predicted octanol–water partition coefficient (Wildman–Crippen LogP) is 8.34. The van der Waals surface area contributed by atoms with Gasteiger partial charge in [0, 0.05) is 32.3 Å². The Labute approximate surface area is 468 Å². The second kappa shape index (κ2) is 24.8. The van der Waals surface area contributed by atoms with Crippen LogP contribution in [0.3, 0.4) is 0 Å². The summed E-state index contributed by atoms with van der Waals surface area (Å²) in [5.41, 5.74) is 0.418. The first kappa shape index (κ1) is 54.4. The zero-order valence-corrected chi connectivity index (χ0v) is 45.4. The molecular weight excluding hydrogens is 1040 g/mol. The van der Waals surface area contributed by atoms with Gasteiger partial charge >= 0.3 is 11.9 Å². The fourth-order valence-corrected chi connectivity index (χ4v) is 14.6. The molecule has 16 heteroatoms. The third-order valence-electron chi connectivity index (χ3n) is 13.9. The van der Waals surface area contributed by atoms with Crippen LogP contribution in [0.4, 0.5) is 0 Å². The molecule has 1 N–H and O–H groups in total. The van der Waals surface area contributed by atoms with Crippen molar-refractivity contribution >= 4 is 69.1 Å². The van der Waals surface area contributed by atoms with Crippen LogP contribution >= 0.6 is 19.1 Å². The van der Waals surface area contributed by atoms with Gasteiger partial charge < -0.3 is 24.3 Å². The molecule has 3 atom stereocenters. The molecule has 2 amide bonds. The number of aryl methyl sites for hydroxylation is 1. The number of thiocarbonyl (C=S) groups is 1. The normalized spacial score (nSPS) is 15.4. The summed E-state index contributed by atoms with van der Waals surface area (Å²) in [4.78, 5) is 64.9. The van der Waals surface area contributed by atoms with Crippen molar-refractivity contribution in [2.45, 2.75) is 36.5 Å². The van der Waals surface area contributed by atoms with E-state index in [2.05, 4.69) is 20.8 Å². The number of esters is 2. The number of tetrazole rings is 1. The molecule has 1 aliphatic rings. The Morgan fingerprint density at radius 2 is 0.975 bits per heavy atom. The molecule has 1 unspecified atom stereocenters. The van der Waals surface area contributed by atoms with Gasteiger partial charge in [-0.05, 0) is 54.2 Å². The number of aromatic nitrogens is 4. The number of rotatable bonds is 21. The van der Waals surface area contributed by atoms with E-state index in [1.54, 1.807) is 37.4 Å². The van der Waals surface area contributed by atoms with Crippen molar-refractivity contribution in [2.75, 3.05) is 13.7 Å². The Morgan fingerprint density at radius 1 is 0.588 bits per heavy atom. The molecule has 8 aromatic carbocycles. The van der Waals surface area contributed by atoms with Crippen LogP contribution in [0.1, 0.15) is 51.8 Å². The van der Waals surface area contributed by atoms with Gasteiger partial charge in [-0.3, -0.25) is 19.3 Å². The molecule has 0 spiro atoms. The zero-order valence-electron chi connectivity index (χ0n) is 43.7. The maximum Gasteiger partial charge on any atom is 0.357 e. The third kappa shape index (κ3) is 11.0. The molecule has 14 nitrogen and oxygen atoms in total. The van der Waals surface area contributed by atoms with Gasteiger partial charge in [0.05, 0.1) is 6.61 Å². The quantitative estimate of drug-likeness (QED) is 0.0183. The van der Waals surface area contributed by atoms with Gasteiger partial charge in [-0.1, -0.05) is 255 Å². The van der Waals surface area contributed by atoms with Crippen LogP contribution in [-0.4, -0.2) is 84.8 Å². The summed E-state index contributed by atoms with van der Waals surface area (Å²) < 4.78 is 27.9. The number of methoxy groups -OCH3 is 1. The van der Waals surface area contributed by atoms with E-state index >= 15 is 19.2 Å². The van der Waals surface area contributed by atoms with Crippen LogP contribution in [0, 0.1) is 0 Å². The Hall–Kier alpha value is -8.98. The van der Waals surface area contributed by atoms with E-state index in [-0.39, 0.29) is 24.0 Å². The van der Waals surface area contributed by atoms with Crippen molar-refractivity contribution in [1.82, 2.24) is 30.4 Å². The number of nitrogens with one attached hydrogen (secondary N) is 1. The van der Waals surface area contributed by atoms with E-state index in [1.807, 2.05) is 212 Å². The fraction of sp³-hybridized carbons (Fsp3) is 0.141. The highest BCUT2D eigenvalue weighted by Gasteiger charge is 2.68. The highest BCUT2D eigenvalue weighted by molar-refractivity contribution is 7.96. The number of hydrogen-bond acceptors (Lipinski definition) is 12. The number of likely N-dealkylation sites (tertiary alicyclic amines) is 1. The highest BCUT2D eigenvalue weighted by Crippen LogP contribution is 2.51. The van der Waals surface area contributed by atoms with Crippen LogP contribution in [0.15, 0.2) is 243 Å². The van der Waals surface area contributed by atoms with Gasteiger partial charge in [-0.2, -0.15) is 0 Å². The van der Waals surface area contributed by atoms with Gasteiger partial charge in [0.1, 0.15) is 5.42 Å². The summed E-state index contributed by atoms with van der Waals surface area (Å²) in [6.07, 6.45) is -3.49. The number of β-lactam (4-membered cyclic amide) rings is 1. The standard InChI is InChI=1S/C64H55N6O8PS/c1-69-54(66-67-68-69)43-53(80)44-76-63-64(75-2,65-58(71)55(45-27-11-3-12-28-45)60(72)77-56(46-29-13-4-14-30-46)47-31-15-5-16-32-47)62(74)70(63)59(61(73)78-57(48-33-17-6-18-34-48)49-35-19-7-20-36-49)79(50-37-21-8-22-38-50,51-39-23-9-24-40-51)52-41-25-10-26-42-52/h3-42,55-57,63H,43-44H2,1-2H3,(H,65,71)/t55?,63-,64+/m0/s1. The first-order valence-corrected chi connectivity index (χ1v) is 28.0. The lowest BCUT2D eigenvalue weighted by molar-refractivity contribution is -0.243. The minimum atomic E-state index is -3.65. The molecule has 1 aromatic heterocycles. The maximum atomic E-state index is 16.5. The second-order valence-corrected chi connectivity index (χ2v) is 22.7. The molecule has 10 rings (SSSR count). The molecule has 1 aliphatic heterocycles. The monoisotopic (exact) mass is 1100 g/mol. The van der Waals surface area contributed by atoms with E-state index in [0.717, 1.165) is 0 Å². The number of ether oxygens (including phenoxy) is 4. The summed E-state index contributed by atoms with van der Waals surface area (Å²) in [7, 11) is 2.93. The predicted molar refractivity (Wildman–Crippen MR) is 311 cm³/mol. The van der Waals surface area contributed by atoms with Crippen LogP contribution in [0.25, 0.3) is 0 Å². The number of amides is 2. The Balaban J connectivity index is 1.17. The van der Waals surface area contributed by atoms with Crippen LogP contribution in [-0.2, 0) is 51.6 Å².